The van der Waals surface area contributed by atoms with Crippen molar-refractivity contribution in [2.75, 3.05) is 6.61 Å². The monoisotopic (exact) mass is 349 g/mol. The number of H-pyrrole nitrogens is 1. The molecule has 0 fully saturated rings. The molecule has 0 aliphatic carbocycles. The van der Waals surface area contributed by atoms with Crippen LogP contribution in [-0.2, 0) is 0 Å². The van der Waals surface area contributed by atoms with Crippen LogP contribution >= 0.6 is 0 Å². The Hall–Kier alpha value is -3.48. The molecular weight excluding hydrogens is 330 g/mol. The van der Waals surface area contributed by atoms with E-state index in [-0.39, 0.29) is 5.91 Å². The largest absolute Gasteiger partial charge is 0.494 e. The van der Waals surface area contributed by atoms with E-state index in [1.807, 2.05) is 36.4 Å². The van der Waals surface area contributed by atoms with Crippen molar-refractivity contribution in [3.8, 4) is 17.0 Å². The van der Waals surface area contributed by atoms with Gasteiger partial charge in [-0.1, -0.05) is 13.0 Å². The van der Waals surface area contributed by atoms with E-state index in [1.165, 1.54) is 6.21 Å². The highest BCUT2D eigenvalue weighted by Gasteiger charge is 2.10. The second-order valence-electron chi connectivity index (χ2n) is 5.49. The lowest BCUT2D eigenvalue weighted by atomic mass is 10.1. The maximum Gasteiger partial charge on any atom is 0.289 e. The number of rotatable bonds is 7. The molecule has 0 saturated carbocycles. The summed E-state index contributed by atoms with van der Waals surface area (Å²) in [7, 11) is 0. The number of carbonyl (C=O) groups is 1. The van der Waals surface area contributed by atoms with Crippen molar-refractivity contribution in [3.63, 3.8) is 0 Å². The first-order chi connectivity index (χ1) is 12.8. The maximum absolute atomic E-state index is 12.1. The van der Waals surface area contributed by atoms with Crippen LogP contribution in [-0.4, -0.2) is 33.9 Å². The standard InChI is InChI=1S/C19H19N5O2/c1-2-11-26-16-8-6-14(7-9-16)17-12-18(23-22-17)19(25)24-21-13-15-5-3-4-10-20-15/h3-10,12-13H,2,11H2,1H3,(H,22,23)(H,24,25)/b21-13+. The minimum Gasteiger partial charge on any atom is -0.494 e. The van der Waals surface area contributed by atoms with E-state index in [9.17, 15) is 4.79 Å². The number of benzene rings is 1. The highest BCUT2D eigenvalue weighted by Crippen LogP contribution is 2.21. The normalized spacial score (nSPS) is 10.8. The Morgan fingerprint density at radius 2 is 2.12 bits per heavy atom. The van der Waals surface area contributed by atoms with E-state index in [1.54, 1.807) is 18.3 Å². The smallest absolute Gasteiger partial charge is 0.289 e. The third-order valence-corrected chi connectivity index (χ3v) is 3.50. The molecule has 0 unspecified atom stereocenters. The van der Waals surface area contributed by atoms with E-state index in [0.717, 1.165) is 17.7 Å². The highest BCUT2D eigenvalue weighted by molar-refractivity contribution is 5.94. The number of hydrogen-bond acceptors (Lipinski definition) is 5. The lowest BCUT2D eigenvalue weighted by Crippen LogP contribution is -2.18. The summed E-state index contributed by atoms with van der Waals surface area (Å²) in [6.07, 6.45) is 4.09. The molecule has 3 aromatic rings. The number of amides is 1. The van der Waals surface area contributed by atoms with Crippen molar-refractivity contribution < 1.29 is 9.53 Å². The van der Waals surface area contributed by atoms with Gasteiger partial charge in [0.1, 0.15) is 11.4 Å². The van der Waals surface area contributed by atoms with Gasteiger partial charge in [-0.25, -0.2) is 5.43 Å². The molecule has 7 heteroatoms. The number of aromatic nitrogens is 3. The summed E-state index contributed by atoms with van der Waals surface area (Å²) in [4.78, 5) is 16.2. The van der Waals surface area contributed by atoms with Crippen LogP contribution in [0, 0.1) is 0 Å². The van der Waals surface area contributed by atoms with Gasteiger partial charge in [0, 0.05) is 11.8 Å². The Morgan fingerprint density at radius 3 is 2.85 bits per heavy atom. The number of hydrazone groups is 1. The quantitative estimate of drug-likeness (QED) is 0.506. The summed E-state index contributed by atoms with van der Waals surface area (Å²) in [6.45, 7) is 2.75. The molecule has 0 radical (unpaired) electrons. The molecule has 2 heterocycles. The van der Waals surface area contributed by atoms with Crippen LogP contribution in [0.15, 0.2) is 59.8 Å². The van der Waals surface area contributed by atoms with Crippen molar-refractivity contribution in [2.24, 2.45) is 5.10 Å². The SMILES string of the molecule is CCCOc1ccc(-c2cc(C(=O)N/N=C/c3ccccn3)[nH]n2)cc1. The Morgan fingerprint density at radius 1 is 1.27 bits per heavy atom. The lowest BCUT2D eigenvalue weighted by molar-refractivity contribution is 0.0950. The van der Waals surface area contributed by atoms with Crippen molar-refractivity contribution in [2.45, 2.75) is 13.3 Å². The van der Waals surface area contributed by atoms with Crippen LogP contribution in [0.25, 0.3) is 11.3 Å². The zero-order valence-electron chi connectivity index (χ0n) is 14.3. The van der Waals surface area contributed by atoms with Gasteiger partial charge in [0.15, 0.2) is 0 Å². The second-order valence-corrected chi connectivity index (χ2v) is 5.49. The van der Waals surface area contributed by atoms with Gasteiger partial charge >= 0.3 is 0 Å². The van der Waals surface area contributed by atoms with Crippen LogP contribution in [0.1, 0.15) is 29.5 Å². The van der Waals surface area contributed by atoms with Crippen LogP contribution in [0.4, 0.5) is 0 Å². The third-order valence-electron chi connectivity index (χ3n) is 3.50. The summed E-state index contributed by atoms with van der Waals surface area (Å²) in [5.74, 6) is 0.437. The molecular formula is C19H19N5O2. The first-order valence-corrected chi connectivity index (χ1v) is 8.29. The van der Waals surface area contributed by atoms with Gasteiger partial charge in [0.05, 0.1) is 24.2 Å². The molecule has 0 bridgehead atoms. The fraction of sp³-hybridized carbons (Fsp3) is 0.158. The molecule has 2 aromatic heterocycles. The fourth-order valence-corrected chi connectivity index (χ4v) is 2.20. The number of ether oxygens (including phenoxy) is 1. The third kappa shape index (κ3) is 4.54. The average molecular weight is 349 g/mol. The number of aromatic amines is 1. The van der Waals surface area contributed by atoms with E-state index in [0.29, 0.717) is 23.7 Å². The number of pyridine rings is 1. The summed E-state index contributed by atoms with van der Waals surface area (Å²) >= 11 is 0. The predicted molar refractivity (Wildman–Crippen MR) is 99.1 cm³/mol. The molecule has 132 valence electrons. The molecule has 0 aliphatic heterocycles. The van der Waals surface area contributed by atoms with E-state index in [4.69, 9.17) is 4.74 Å². The molecule has 26 heavy (non-hydrogen) atoms. The van der Waals surface area contributed by atoms with Gasteiger partial charge in [-0.15, -0.1) is 0 Å². The Balaban J connectivity index is 1.61. The first-order valence-electron chi connectivity index (χ1n) is 8.29. The van der Waals surface area contributed by atoms with Crippen molar-refractivity contribution in [1.29, 1.82) is 0 Å². The molecule has 7 nitrogen and oxygen atoms in total. The summed E-state index contributed by atoms with van der Waals surface area (Å²) in [5.41, 5.74) is 4.99. The second kappa shape index (κ2) is 8.57. The number of nitrogens with one attached hydrogen (secondary N) is 2. The van der Waals surface area contributed by atoms with Gasteiger partial charge in [-0.3, -0.25) is 14.9 Å². The van der Waals surface area contributed by atoms with Crippen LogP contribution in [0.2, 0.25) is 0 Å². The van der Waals surface area contributed by atoms with Gasteiger partial charge in [0.25, 0.3) is 5.91 Å². The van der Waals surface area contributed by atoms with Gasteiger partial charge in [-0.05, 0) is 48.9 Å². The molecule has 0 aliphatic rings. The molecule has 1 aromatic carbocycles. The topological polar surface area (TPSA) is 92.3 Å². The van der Waals surface area contributed by atoms with Gasteiger partial charge < -0.3 is 4.74 Å². The number of nitrogens with zero attached hydrogens (tertiary/aromatic N) is 3. The molecule has 3 rings (SSSR count). The zero-order chi connectivity index (χ0) is 18.2. The first kappa shape index (κ1) is 17.3. The molecule has 0 saturated heterocycles. The van der Waals surface area contributed by atoms with E-state index >= 15 is 0 Å². The number of hydrogen-bond donors (Lipinski definition) is 2. The average Bonchev–Trinajstić information content (AvgIpc) is 3.18. The summed E-state index contributed by atoms with van der Waals surface area (Å²) in [6, 6.07) is 14.7. The molecule has 0 spiro atoms. The van der Waals surface area contributed by atoms with Crippen molar-refractivity contribution in [1.82, 2.24) is 20.6 Å². The highest BCUT2D eigenvalue weighted by atomic mass is 16.5. The number of carbonyl (C=O) groups excluding carboxylic acids is 1. The van der Waals surface area contributed by atoms with Gasteiger partial charge in [-0.2, -0.15) is 10.2 Å². The Labute approximate surface area is 151 Å². The fourth-order valence-electron chi connectivity index (χ4n) is 2.20. The van der Waals surface area contributed by atoms with Crippen molar-refractivity contribution >= 4 is 12.1 Å². The Kier molecular flexibility index (Phi) is 5.72. The lowest BCUT2D eigenvalue weighted by Gasteiger charge is -2.04. The van der Waals surface area contributed by atoms with Crippen LogP contribution < -0.4 is 10.2 Å². The van der Waals surface area contributed by atoms with Crippen LogP contribution in [0.3, 0.4) is 0 Å². The molecule has 0 atom stereocenters. The van der Waals surface area contributed by atoms with Crippen molar-refractivity contribution in [3.05, 3.63) is 66.1 Å². The minimum absolute atomic E-state index is 0.324. The maximum atomic E-state index is 12.1. The molecule has 2 N–H and O–H groups in total. The van der Waals surface area contributed by atoms with Gasteiger partial charge in [0.2, 0.25) is 0 Å². The van der Waals surface area contributed by atoms with E-state index < -0.39 is 0 Å². The van der Waals surface area contributed by atoms with E-state index in [2.05, 4.69) is 32.6 Å². The Bertz CT molecular complexity index is 872. The van der Waals surface area contributed by atoms with Crippen LogP contribution in [0.5, 0.6) is 5.75 Å². The zero-order valence-corrected chi connectivity index (χ0v) is 14.3. The summed E-state index contributed by atoms with van der Waals surface area (Å²) < 4.78 is 5.56. The summed E-state index contributed by atoms with van der Waals surface area (Å²) in [5, 5.41) is 10.8. The minimum atomic E-state index is -0.376. The predicted octanol–water partition coefficient (Wildman–Crippen LogP) is 3.02. The molecule has 1 amide bonds.